The number of carbonyl (C=O) groups excluding carboxylic acids is 1. The summed E-state index contributed by atoms with van der Waals surface area (Å²) >= 11 is 0. The van der Waals surface area contributed by atoms with Crippen LogP contribution in [0, 0.1) is 17.0 Å². The molecular weight excluding hydrogens is 372 g/mol. The molecule has 0 bridgehead atoms. The number of ether oxygens (including phenoxy) is 1. The van der Waals surface area contributed by atoms with E-state index >= 15 is 0 Å². The van der Waals surface area contributed by atoms with Crippen LogP contribution < -0.4 is 0 Å². The highest BCUT2D eigenvalue weighted by atomic mass is 16.6. The Labute approximate surface area is 169 Å². The van der Waals surface area contributed by atoms with Gasteiger partial charge in [-0.2, -0.15) is 0 Å². The second-order valence-corrected chi connectivity index (χ2v) is 9.10. The molecule has 1 aliphatic heterocycles. The second kappa shape index (κ2) is 6.30. The third kappa shape index (κ3) is 3.26. The van der Waals surface area contributed by atoms with Gasteiger partial charge in [-0.15, -0.1) is 0 Å². The molecule has 4 rings (SSSR count). The first kappa shape index (κ1) is 19.4. The van der Waals surface area contributed by atoms with Crippen LogP contribution >= 0.6 is 0 Å². The molecule has 2 aliphatic rings. The zero-order valence-electron chi connectivity index (χ0n) is 17.5. The van der Waals surface area contributed by atoms with E-state index in [4.69, 9.17) is 4.74 Å². The van der Waals surface area contributed by atoms with Gasteiger partial charge in [-0.1, -0.05) is 6.08 Å². The Morgan fingerprint density at radius 1 is 1.34 bits per heavy atom. The van der Waals surface area contributed by atoms with E-state index in [-0.39, 0.29) is 22.2 Å². The van der Waals surface area contributed by atoms with Crippen LogP contribution in [-0.2, 0) is 11.8 Å². The molecule has 8 heteroatoms. The molecule has 0 atom stereocenters. The molecule has 0 saturated heterocycles. The predicted molar refractivity (Wildman–Crippen MR) is 110 cm³/mol. The molecule has 0 aromatic carbocycles. The molecular formula is C21H26N4O4. The molecule has 1 spiro atoms. The van der Waals surface area contributed by atoms with E-state index in [1.807, 2.05) is 49.6 Å². The van der Waals surface area contributed by atoms with Gasteiger partial charge < -0.3 is 9.30 Å². The SMILES string of the molecule is Cc1c([N+](=O)[O-])cnc2c1c(C1=CCN(C(=O)OC(C)(C)C)C3(CC3)C1)cn2C. The standard InChI is InChI=1S/C21H26N4O4/c1-13-16(25(27)28)11-22-18-17(13)15(12-23(18)5)14-6-9-24(21(10-14)7-8-21)19(26)29-20(2,3)4/h6,11-12H,7-10H2,1-5H3. The quantitative estimate of drug-likeness (QED) is 0.554. The lowest BCUT2D eigenvalue weighted by Crippen LogP contribution is -2.47. The number of aryl methyl sites for hydroxylation is 2. The summed E-state index contributed by atoms with van der Waals surface area (Å²) in [6.45, 7) is 7.86. The zero-order valence-corrected chi connectivity index (χ0v) is 17.5. The highest BCUT2D eigenvalue weighted by Gasteiger charge is 2.53. The Morgan fingerprint density at radius 2 is 2.03 bits per heavy atom. The van der Waals surface area contributed by atoms with Gasteiger partial charge in [-0.05, 0) is 52.5 Å². The lowest BCUT2D eigenvalue weighted by molar-refractivity contribution is -0.385. The van der Waals surface area contributed by atoms with Crippen molar-refractivity contribution >= 4 is 28.4 Å². The second-order valence-electron chi connectivity index (χ2n) is 9.10. The molecule has 1 fully saturated rings. The Balaban J connectivity index is 1.74. The lowest BCUT2D eigenvalue weighted by atomic mass is 9.91. The third-order valence-electron chi connectivity index (χ3n) is 5.81. The summed E-state index contributed by atoms with van der Waals surface area (Å²) in [7, 11) is 1.90. The summed E-state index contributed by atoms with van der Waals surface area (Å²) in [6, 6.07) is 0. The molecule has 0 radical (unpaired) electrons. The van der Waals surface area contributed by atoms with Crippen LogP contribution in [-0.4, -0.2) is 43.2 Å². The number of nitrogens with zero attached hydrogens (tertiary/aromatic N) is 4. The van der Waals surface area contributed by atoms with E-state index in [1.54, 1.807) is 6.92 Å². The molecule has 0 N–H and O–H groups in total. The van der Waals surface area contributed by atoms with Crippen molar-refractivity contribution in [1.29, 1.82) is 0 Å². The maximum absolute atomic E-state index is 12.7. The molecule has 3 heterocycles. The molecule has 2 aromatic heterocycles. The van der Waals surface area contributed by atoms with E-state index in [9.17, 15) is 14.9 Å². The first-order valence-electron chi connectivity index (χ1n) is 9.81. The summed E-state index contributed by atoms with van der Waals surface area (Å²) in [5.74, 6) is 0. The fourth-order valence-electron chi connectivity index (χ4n) is 4.21. The molecule has 1 saturated carbocycles. The first-order valence-corrected chi connectivity index (χ1v) is 9.81. The number of aromatic nitrogens is 2. The molecule has 1 aliphatic carbocycles. The number of hydrogen-bond acceptors (Lipinski definition) is 5. The van der Waals surface area contributed by atoms with Crippen LogP contribution in [0.5, 0.6) is 0 Å². The average molecular weight is 398 g/mol. The fraction of sp³-hybridized carbons (Fsp3) is 0.524. The van der Waals surface area contributed by atoms with Gasteiger partial charge in [0.25, 0.3) is 5.69 Å². The van der Waals surface area contributed by atoms with Gasteiger partial charge in [0.15, 0.2) is 0 Å². The van der Waals surface area contributed by atoms with E-state index in [0.717, 1.165) is 35.0 Å². The molecule has 154 valence electrons. The number of carbonyl (C=O) groups is 1. The number of nitro groups is 1. The summed E-state index contributed by atoms with van der Waals surface area (Å²) in [4.78, 5) is 29.8. The first-order chi connectivity index (χ1) is 13.5. The lowest BCUT2D eigenvalue weighted by Gasteiger charge is -2.37. The van der Waals surface area contributed by atoms with Crippen LogP contribution in [0.2, 0.25) is 0 Å². The monoisotopic (exact) mass is 398 g/mol. The minimum Gasteiger partial charge on any atom is -0.444 e. The number of rotatable bonds is 2. The zero-order chi connectivity index (χ0) is 21.1. The van der Waals surface area contributed by atoms with E-state index in [2.05, 4.69) is 4.98 Å². The topological polar surface area (TPSA) is 90.5 Å². The highest BCUT2D eigenvalue weighted by Crippen LogP contribution is 2.51. The Kier molecular flexibility index (Phi) is 4.22. The van der Waals surface area contributed by atoms with Gasteiger partial charge in [0, 0.05) is 36.3 Å². The molecule has 29 heavy (non-hydrogen) atoms. The maximum atomic E-state index is 12.7. The Hall–Kier alpha value is -2.90. The fourth-order valence-corrected chi connectivity index (χ4v) is 4.21. The van der Waals surface area contributed by atoms with Crippen LogP contribution in [0.15, 0.2) is 18.5 Å². The minimum absolute atomic E-state index is 0.0258. The van der Waals surface area contributed by atoms with E-state index < -0.39 is 5.60 Å². The van der Waals surface area contributed by atoms with Gasteiger partial charge in [0.2, 0.25) is 0 Å². The largest absolute Gasteiger partial charge is 0.444 e. The Morgan fingerprint density at radius 3 is 2.62 bits per heavy atom. The van der Waals surface area contributed by atoms with Gasteiger partial charge in [-0.25, -0.2) is 9.78 Å². The maximum Gasteiger partial charge on any atom is 0.411 e. The van der Waals surface area contributed by atoms with Gasteiger partial charge in [0.1, 0.15) is 17.4 Å². The van der Waals surface area contributed by atoms with Crippen molar-refractivity contribution in [3.63, 3.8) is 0 Å². The van der Waals surface area contributed by atoms with Gasteiger partial charge >= 0.3 is 6.09 Å². The Bertz CT molecular complexity index is 1060. The van der Waals surface area contributed by atoms with Crippen molar-refractivity contribution in [2.45, 2.75) is 58.1 Å². The number of pyridine rings is 1. The molecule has 0 unspecified atom stereocenters. The summed E-state index contributed by atoms with van der Waals surface area (Å²) in [5, 5.41) is 12.2. The smallest absolute Gasteiger partial charge is 0.411 e. The number of amides is 1. The van der Waals surface area contributed by atoms with Crippen molar-refractivity contribution in [2.24, 2.45) is 7.05 Å². The van der Waals surface area contributed by atoms with Crippen molar-refractivity contribution < 1.29 is 14.5 Å². The van der Waals surface area contributed by atoms with Crippen molar-refractivity contribution in [1.82, 2.24) is 14.5 Å². The molecule has 1 amide bonds. The molecule has 2 aromatic rings. The van der Waals surface area contributed by atoms with Crippen molar-refractivity contribution in [3.8, 4) is 0 Å². The van der Waals surface area contributed by atoms with Crippen LogP contribution in [0.4, 0.5) is 10.5 Å². The van der Waals surface area contributed by atoms with Crippen molar-refractivity contribution in [3.05, 3.63) is 39.7 Å². The van der Waals surface area contributed by atoms with Crippen LogP contribution in [0.25, 0.3) is 16.6 Å². The van der Waals surface area contributed by atoms with Crippen molar-refractivity contribution in [2.75, 3.05) is 6.54 Å². The van der Waals surface area contributed by atoms with E-state index in [1.165, 1.54) is 6.20 Å². The number of hydrogen-bond donors (Lipinski definition) is 0. The third-order valence-corrected chi connectivity index (χ3v) is 5.81. The number of fused-ring (bicyclic) bond motifs is 1. The summed E-state index contributed by atoms with van der Waals surface area (Å²) in [6.07, 6.45) is 7.66. The van der Waals surface area contributed by atoms with Gasteiger partial charge in [-0.3, -0.25) is 15.0 Å². The molecule has 8 nitrogen and oxygen atoms in total. The van der Waals surface area contributed by atoms with Crippen LogP contribution in [0.1, 0.15) is 51.2 Å². The minimum atomic E-state index is -0.533. The van der Waals surface area contributed by atoms with Gasteiger partial charge in [0.05, 0.1) is 10.5 Å². The van der Waals surface area contributed by atoms with Crippen LogP contribution in [0.3, 0.4) is 0 Å². The van der Waals surface area contributed by atoms with E-state index in [0.29, 0.717) is 18.5 Å². The average Bonchev–Trinajstić information content (AvgIpc) is 3.27. The summed E-state index contributed by atoms with van der Waals surface area (Å²) < 4.78 is 7.50. The normalized spacial score (nSPS) is 18.1. The highest BCUT2D eigenvalue weighted by molar-refractivity contribution is 5.96. The predicted octanol–water partition coefficient (Wildman–Crippen LogP) is 4.35. The summed E-state index contributed by atoms with van der Waals surface area (Å²) in [5.41, 5.74) is 2.70.